The monoisotopic (exact) mass is 422 g/mol. The molecule has 1 aliphatic carbocycles. The van der Waals surface area contributed by atoms with Gasteiger partial charge in [0.25, 0.3) is 5.91 Å². The molecular formula is C23H26N4O2S. The number of aromatic nitrogens is 3. The summed E-state index contributed by atoms with van der Waals surface area (Å²) in [6.07, 6.45) is 4.10. The summed E-state index contributed by atoms with van der Waals surface area (Å²) in [5.74, 6) is 0.257. The van der Waals surface area contributed by atoms with Gasteiger partial charge in [-0.1, -0.05) is 6.92 Å². The fraction of sp³-hybridized carbons (Fsp3) is 0.478. The molecular weight excluding hydrogens is 396 g/mol. The highest BCUT2D eigenvalue weighted by Gasteiger charge is 2.43. The van der Waals surface area contributed by atoms with Gasteiger partial charge in [0.1, 0.15) is 5.69 Å². The number of likely N-dealkylation sites (tertiary alicyclic amines) is 1. The van der Waals surface area contributed by atoms with Crippen LogP contribution >= 0.6 is 11.3 Å². The van der Waals surface area contributed by atoms with E-state index in [1.165, 1.54) is 0 Å². The van der Waals surface area contributed by atoms with Gasteiger partial charge < -0.3 is 4.90 Å². The molecule has 1 saturated heterocycles. The van der Waals surface area contributed by atoms with Crippen LogP contribution in [-0.4, -0.2) is 44.9 Å². The van der Waals surface area contributed by atoms with Crippen molar-refractivity contribution in [3.8, 4) is 0 Å². The Morgan fingerprint density at radius 2 is 2.00 bits per heavy atom. The second kappa shape index (κ2) is 7.01. The van der Waals surface area contributed by atoms with E-state index in [1.54, 1.807) is 11.3 Å². The summed E-state index contributed by atoms with van der Waals surface area (Å²) in [5.41, 5.74) is 4.33. The minimum Gasteiger partial charge on any atom is -0.339 e. The number of nitrogens with one attached hydrogen (secondary N) is 1. The zero-order chi connectivity index (χ0) is 21.0. The Morgan fingerprint density at radius 3 is 2.73 bits per heavy atom. The maximum absolute atomic E-state index is 13.2. The lowest BCUT2D eigenvalue weighted by Crippen LogP contribution is -2.46. The van der Waals surface area contributed by atoms with Crippen LogP contribution in [0.25, 0.3) is 10.9 Å². The fourth-order valence-electron chi connectivity index (χ4n) is 4.97. The van der Waals surface area contributed by atoms with Gasteiger partial charge >= 0.3 is 0 Å². The third kappa shape index (κ3) is 3.07. The lowest BCUT2D eigenvalue weighted by molar-refractivity contribution is 0.0522. The van der Waals surface area contributed by atoms with E-state index in [4.69, 9.17) is 0 Å². The first-order chi connectivity index (χ1) is 14.4. The number of ketones is 1. The van der Waals surface area contributed by atoms with Crippen LogP contribution in [0, 0.1) is 19.3 Å². The van der Waals surface area contributed by atoms with Gasteiger partial charge in [-0.05, 0) is 62.6 Å². The number of fused-ring (bicyclic) bond motifs is 2. The first-order valence-electron chi connectivity index (χ1n) is 10.7. The number of amides is 1. The number of thiazole rings is 1. The molecule has 0 radical (unpaired) electrons. The summed E-state index contributed by atoms with van der Waals surface area (Å²) in [6, 6.07) is 3.89. The molecule has 3 heterocycles. The van der Waals surface area contributed by atoms with Crippen molar-refractivity contribution in [1.82, 2.24) is 20.1 Å². The number of aromatic amines is 1. The van der Waals surface area contributed by atoms with Gasteiger partial charge in [0.05, 0.1) is 10.5 Å². The van der Waals surface area contributed by atoms with Crippen LogP contribution in [0.15, 0.2) is 12.1 Å². The van der Waals surface area contributed by atoms with Gasteiger partial charge in [0.15, 0.2) is 5.78 Å². The maximum Gasteiger partial charge on any atom is 0.253 e. The Balaban J connectivity index is 1.34. The molecule has 3 aromatic rings. The summed E-state index contributed by atoms with van der Waals surface area (Å²) in [5, 5.41) is 9.41. The number of nitrogens with zero attached hydrogens (tertiary/aromatic N) is 3. The van der Waals surface area contributed by atoms with Crippen LogP contribution in [0.3, 0.4) is 0 Å². The molecule has 0 unspecified atom stereocenters. The normalized spacial score (nSPS) is 18.2. The molecule has 156 valence electrons. The number of Topliss-reactive ketones (excluding diaryl/α,β-unsaturated/α-hetero) is 1. The Kier molecular flexibility index (Phi) is 4.54. The van der Waals surface area contributed by atoms with Crippen molar-refractivity contribution in [3.63, 3.8) is 0 Å². The van der Waals surface area contributed by atoms with E-state index < -0.39 is 0 Å². The predicted octanol–water partition coefficient (Wildman–Crippen LogP) is 4.25. The standard InChI is InChI=1S/C23H26N4O2S/c1-4-19-24-21-17(28)11-23(12-18(21)30-19)5-7-27(8-6-23)22(29)15-9-13(2)20-16(10-15)14(3)25-26-20/h9-10H,4-8,11-12H2,1-3H3,(H,25,26). The number of carbonyl (C=O) groups is 2. The van der Waals surface area contributed by atoms with E-state index in [0.717, 1.165) is 63.3 Å². The highest BCUT2D eigenvalue weighted by molar-refractivity contribution is 7.12. The van der Waals surface area contributed by atoms with E-state index in [0.29, 0.717) is 25.2 Å². The molecule has 2 aliphatic rings. The molecule has 0 bridgehead atoms. The van der Waals surface area contributed by atoms with Gasteiger partial charge in [0, 0.05) is 41.0 Å². The molecule has 30 heavy (non-hydrogen) atoms. The SMILES string of the molecule is CCc1nc2c(s1)CC1(CCN(C(=O)c3cc(C)c4n[nH]c(C)c4c3)CC1)CC2=O. The summed E-state index contributed by atoms with van der Waals surface area (Å²) < 4.78 is 0. The highest BCUT2D eigenvalue weighted by atomic mass is 32.1. The lowest BCUT2D eigenvalue weighted by Gasteiger charge is -2.43. The average molecular weight is 423 g/mol. The molecule has 1 aliphatic heterocycles. The summed E-state index contributed by atoms with van der Waals surface area (Å²) in [4.78, 5) is 33.6. The van der Waals surface area contributed by atoms with Crippen molar-refractivity contribution < 1.29 is 9.59 Å². The number of carbonyl (C=O) groups excluding carboxylic acids is 2. The predicted molar refractivity (Wildman–Crippen MR) is 117 cm³/mol. The second-order valence-electron chi connectivity index (χ2n) is 8.84. The Hall–Kier alpha value is -2.54. The van der Waals surface area contributed by atoms with Crippen molar-refractivity contribution in [2.45, 2.75) is 52.9 Å². The molecule has 2 aromatic heterocycles. The summed E-state index contributed by atoms with van der Waals surface area (Å²) in [6.45, 7) is 7.45. The molecule has 1 amide bonds. The van der Waals surface area contributed by atoms with Crippen molar-refractivity contribution >= 4 is 33.9 Å². The summed E-state index contributed by atoms with van der Waals surface area (Å²) in [7, 11) is 0. The Morgan fingerprint density at radius 1 is 1.23 bits per heavy atom. The molecule has 1 aromatic carbocycles. The molecule has 1 fully saturated rings. The van der Waals surface area contributed by atoms with Crippen LogP contribution in [0.5, 0.6) is 0 Å². The molecule has 5 rings (SSSR count). The van der Waals surface area contributed by atoms with Gasteiger partial charge in [-0.25, -0.2) is 4.98 Å². The smallest absolute Gasteiger partial charge is 0.253 e. The first kappa shape index (κ1) is 19.4. The number of benzene rings is 1. The second-order valence-corrected chi connectivity index (χ2v) is 10.0. The van der Waals surface area contributed by atoms with Crippen molar-refractivity contribution in [3.05, 3.63) is 44.5 Å². The van der Waals surface area contributed by atoms with Gasteiger partial charge in [-0.3, -0.25) is 14.7 Å². The van der Waals surface area contributed by atoms with E-state index >= 15 is 0 Å². The molecule has 0 saturated carbocycles. The fourth-order valence-corrected chi connectivity index (χ4v) is 6.17. The number of hydrogen-bond acceptors (Lipinski definition) is 5. The van der Waals surface area contributed by atoms with E-state index in [9.17, 15) is 9.59 Å². The maximum atomic E-state index is 13.2. The lowest BCUT2D eigenvalue weighted by atomic mass is 9.68. The molecule has 6 nitrogen and oxygen atoms in total. The van der Waals surface area contributed by atoms with E-state index in [2.05, 4.69) is 22.1 Å². The van der Waals surface area contributed by atoms with Crippen LogP contribution in [0.2, 0.25) is 0 Å². The van der Waals surface area contributed by atoms with Crippen LogP contribution in [-0.2, 0) is 12.8 Å². The van der Waals surface area contributed by atoms with Gasteiger partial charge in [-0.2, -0.15) is 5.10 Å². The van der Waals surface area contributed by atoms with E-state index in [1.807, 2.05) is 30.9 Å². The Labute approximate surface area is 179 Å². The quantitative estimate of drug-likeness (QED) is 0.670. The average Bonchev–Trinajstić information content (AvgIpc) is 3.32. The minimum atomic E-state index is -0.0145. The first-order valence-corrected chi connectivity index (χ1v) is 11.5. The molecule has 0 atom stereocenters. The summed E-state index contributed by atoms with van der Waals surface area (Å²) >= 11 is 1.69. The largest absolute Gasteiger partial charge is 0.339 e. The van der Waals surface area contributed by atoms with E-state index in [-0.39, 0.29) is 17.1 Å². The van der Waals surface area contributed by atoms with Gasteiger partial charge in [0.2, 0.25) is 0 Å². The van der Waals surface area contributed by atoms with Crippen molar-refractivity contribution in [2.75, 3.05) is 13.1 Å². The number of piperidine rings is 1. The number of H-pyrrole nitrogens is 1. The van der Waals surface area contributed by atoms with Crippen molar-refractivity contribution in [1.29, 1.82) is 0 Å². The molecule has 1 spiro atoms. The van der Waals surface area contributed by atoms with Crippen molar-refractivity contribution in [2.24, 2.45) is 5.41 Å². The molecule has 7 heteroatoms. The topological polar surface area (TPSA) is 79.0 Å². The van der Waals surface area contributed by atoms with Crippen LogP contribution < -0.4 is 0 Å². The third-order valence-electron chi connectivity index (χ3n) is 6.78. The Bertz CT molecular complexity index is 1170. The molecule has 1 N–H and O–H groups in total. The highest BCUT2D eigenvalue weighted by Crippen LogP contribution is 2.45. The zero-order valence-corrected chi connectivity index (χ0v) is 18.5. The van der Waals surface area contributed by atoms with Gasteiger partial charge in [-0.15, -0.1) is 11.3 Å². The third-order valence-corrected chi connectivity index (χ3v) is 7.98. The number of hydrogen-bond donors (Lipinski definition) is 1. The van der Waals surface area contributed by atoms with Crippen LogP contribution in [0.4, 0.5) is 0 Å². The number of rotatable bonds is 2. The number of aryl methyl sites for hydroxylation is 3. The zero-order valence-electron chi connectivity index (χ0n) is 17.7. The minimum absolute atomic E-state index is 0.0145. The van der Waals surface area contributed by atoms with Crippen LogP contribution in [0.1, 0.15) is 68.2 Å².